The Morgan fingerprint density at radius 3 is 2.60 bits per heavy atom. The number of hydrogen-bond acceptors (Lipinski definition) is 0. The van der Waals surface area contributed by atoms with Crippen LogP contribution < -0.4 is 0 Å². The predicted molar refractivity (Wildman–Crippen MR) is 64.6 cm³/mol. The molecule has 0 saturated carbocycles. The molecule has 0 aromatic heterocycles. The summed E-state index contributed by atoms with van der Waals surface area (Å²) >= 11 is 0. The van der Waals surface area contributed by atoms with Crippen molar-refractivity contribution >= 4 is 0 Å². The van der Waals surface area contributed by atoms with Gasteiger partial charge in [-0.3, -0.25) is 0 Å². The van der Waals surface area contributed by atoms with Gasteiger partial charge in [0.15, 0.2) is 0 Å². The quantitative estimate of drug-likeness (QED) is 0.543. The summed E-state index contributed by atoms with van der Waals surface area (Å²) in [4.78, 5) is 0. The summed E-state index contributed by atoms with van der Waals surface area (Å²) in [7, 11) is 0. The lowest BCUT2D eigenvalue weighted by Crippen LogP contribution is -2.11. The van der Waals surface area contributed by atoms with Crippen LogP contribution in [-0.4, -0.2) is 0 Å². The van der Waals surface area contributed by atoms with E-state index in [1.807, 2.05) is 5.57 Å². The van der Waals surface area contributed by atoms with Gasteiger partial charge < -0.3 is 0 Å². The highest BCUT2D eigenvalue weighted by atomic mass is 14.6. The lowest BCUT2D eigenvalue weighted by Gasteiger charge is -2.27. The van der Waals surface area contributed by atoms with E-state index in [0.29, 0.717) is 5.41 Å². The molecule has 2 unspecified atom stereocenters. The fourth-order valence-electron chi connectivity index (χ4n) is 4.04. The van der Waals surface area contributed by atoms with Crippen molar-refractivity contribution in [3.05, 3.63) is 22.3 Å². The third-order valence-corrected chi connectivity index (χ3v) is 4.77. The molecule has 0 aromatic carbocycles. The minimum Gasteiger partial charge on any atom is -0.0661 e. The molecule has 0 fully saturated rings. The zero-order valence-electron chi connectivity index (χ0n) is 10.5. The van der Waals surface area contributed by atoms with Crippen molar-refractivity contribution < 1.29 is 0 Å². The van der Waals surface area contributed by atoms with E-state index in [9.17, 15) is 0 Å². The molecule has 0 bridgehead atoms. The van der Waals surface area contributed by atoms with Gasteiger partial charge in [-0.25, -0.2) is 0 Å². The average Bonchev–Trinajstić information content (AvgIpc) is 2.73. The van der Waals surface area contributed by atoms with Crippen LogP contribution in [-0.2, 0) is 0 Å². The molecule has 0 nitrogen and oxygen atoms in total. The summed E-state index contributed by atoms with van der Waals surface area (Å²) in [5.74, 6) is 1.75. The second kappa shape index (κ2) is 2.78. The first-order valence-corrected chi connectivity index (χ1v) is 6.48. The Labute approximate surface area is 93.5 Å². The molecule has 82 valence electrons. The van der Waals surface area contributed by atoms with Crippen molar-refractivity contribution in [1.29, 1.82) is 0 Å². The second-order valence-corrected chi connectivity index (χ2v) is 6.45. The summed E-state index contributed by atoms with van der Waals surface area (Å²) in [6, 6.07) is 0. The molecular formula is C15H22. The zero-order valence-corrected chi connectivity index (χ0v) is 10.5. The molecule has 0 aromatic rings. The molecule has 0 aliphatic heterocycles. The fourth-order valence-corrected chi connectivity index (χ4v) is 4.04. The van der Waals surface area contributed by atoms with Crippen molar-refractivity contribution in [1.82, 2.24) is 0 Å². The summed E-state index contributed by atoms with van der Waals surface area (Å²) in [6.07, 6.45) is 5.54. The smallest absolute Gasteiger partial charge is 0.0117 e. The summed E-state index contributed by atoms with van der Waals surface area (Å²) in [5, 5.41) is 0. The summed E-state index contributed by atoms with van der Waals surface area (Å²) in [5.41, 5.74) is 7.61. The predicted octanol–water partition coefficient (Wildman–Crippen LogP) is 4.48. The molecule has 15 heavy (non-hydrogen) atoms. The third kappa shape index (κ3) is 1.20. The van der Waals surface area contributed by atoms with Crippen molar-refractivity contribution in [3.8, 4) is 0 Å². The van der Waals surface area contributed by atoms with E-state index >= 15 is 0 Å². The molecule has 0 saturated heterocycles. The highest BCUT2D eigenvalue weighted by molar-refractivity contribution is 5.63. The molecule has 3 aliphatic carbocycles. The van der Waals surface area contributed by atoms with Gasteiger partial charge in [0, 0.05) is 5.41 Å². The largest absolute Gasteiger partial charge is 0.0661 e. The number of rotatable bonds is 0. The SMILES string of the molecule is CC1CCC2=C(C1)C1=C(C(C)C2)C1(C)C. The Kier molecular flexibility index (Phi) is 1.80. The van der Waals surface area contributed by atoms with Crippen molar-refractivity contribution in [2.45, 2.75) is 53.4 Å². The first kappa shape index (κ1) is 9.69. The number of allylic oxidation sites excluding steroid dienone is 4. The van der Waals surface area contributed by atoms with Crippen LogP contribution in [0.25, 0.3) is 0 Å². The number of hydrogen-bond donors (Lipinski definition) is 0. The highest BCUT2D eigenvalue weighted by Gasteiger charge is 2.51. The molecular weight excluding hydrogens is 180 g/mol. The second-order valence-electron chi connectivity index (χ2n) is 6.45. The Morgan fingerprint density at radius 2 is 1.87 bits per heavy atom. The van der Waals surface area contributed by atoms with Gasteiger partial charge in [-0.15, -0.1) is 0 Å². The van der Waals surface area contributed by atoms with Gasteiger partial charge >= 0.3 is 0 Å². The molecule has 0 radical (unpaired) electrons. The number of fused-ring (bicyclic) bond motifs is 1. The maximum atomic E-state index is 2.42. The molecule has 0 heteroatoms. The van der Waals surface area contributed by atoms with E-state index in [-0.39, 0.29) is 0 Å². The van der Waals surface area contributed by atoms with Gasteiger partial charge in [-0.05, 0) is 48.7 Å². The van der Waals surface area contributed by atoms with Crippen LogP contribution >= 0.6 is 0 Å². The molecule has 0 spiro atoms. The van der Waals surface area contributed by atoms with Crippen LogP contribution in [0.15, 0.2) is 22.3 Å². The van der Waals surface area contributed by atoms with Crippen LogP contribution in [0.1, 0.15) is 53.4 Å². The monoisotopic (exact) mass is 202 g/mol. The van der Waals surface area contributed by atoms with E-state index in [0.717, 1.165) is 11.8 Å². The minimum atomic E-state index is 0.466. The Balaban J connectivity index is 2.00. The van der Waals surface area contributed by atoms with Gasteiger partial charge in [0.1, 0.15) is 0 Å². The van der Waals surface area contributed by atoms with Gasteiger partial charge in [-0.1, -0.05) is 38.8 Å². The summed E-state index contributed by atoms with van der Waals surface area (Å²) in [6.45, 7) is 9.68. The maximum Gasteiger partial charge on any atom is 0.0117 e. The van der Waals surface area contributed by atoms with E-state index in [1.165, 1.54) is 25.7 Å². The van der Waals surface area contributed by atoms with Gasteiger partial charge in [-0.2, -0.15) is 0 Å². The fraction of sp³-hybridized carbons (Fsp3) is 0.733. The molecule has 0 heterocycles. The molecule has 0 N–H and O–H groups in total. The van der Waals surface area contributed by atoms with Crippen LogP contribution in [0, 0.1) is 17.3 Å². The lowest BCUT2D eigenvalue weighted by atomic mass is 9.78. The lowest BCUT2D eigenvalue weighted by molar-refractivity contribution is 0.479. The van der Waals surface area contributed by atoms with E-state index in [2.05, 4.69) is 27.7 Å². The highest BCUT2D eigenvalue weighted by Crippen LogP contribution is 2.64. The maximum absolute atomic E-state index is 2.42. The standard InChI is InChI=1S/C15H22/c1-9-5-6-11-8-10(2)13-14(12(11)7-9)15(13,3)4/h9-10H,5-8H2,1-4H3. The van der Waals surface area contributed by atoms with Crippen LogP contribution in [0.2, 0.25) is 0 Å². The Hall–Kier alpha value is -0.520. The molecule has 2 atom stereocenters. The zero-order chi connectivity index (χ0) is 10.8. The normalized spacial score (nSPS) is 37.6. The summed E-state index contributed by atoms with van der Waals surface area (Å²) < 4.78 is 0. The third-order valence-electron chi connectivity index (χ3n) is 4.77. The van der Waals surface area contributed by atoms with Gasteiger partial charge in [0.25, 0.3) is 0 Å². The van der Waals surface area contributed by atoms with Crippen molar-refractivity contribution in [3.63, 3.8) is 0 Å². The minimum absolute atomic E-state index is 0.466. The molecule has 3 aliphatic rings. The van der Waals surface area contributed by atoms with Crippen LogP contribution in [0.3, 0.4) is 0 Å². The van der Waals surface area contributed by atoms with Gasteiger partial charge in [0.2, 0.25) is 0 Å². The van der Waals surface area contributed by atoms with Crippen LogP contribution in [0.4, 0.5) is 0 Å². The molecule has 0 amide bonds. The van der Waals surface area contributed by atoms with Crippen molar-refractivity contribution in [2.24, 2.45) is 17.3 Å². The topological polar surface area (TPSA) is 0 Å². The van der Waals surface area contributed by atoms with E-state index < -0.39 is 0 Å². The molecule has 3 rings (SSSR count). The van der Waals surface area contributed by atoms with E-state index in [1.54, 1.807) is 16.7 Å². The Morgan fingerprint density at radius 1 is 1.13 bits per heavy atom. The van der Waals surface area contributed by atoms with E-state index in [4.69, 9.17) is 0 Å². The van der Waals surface area contributed by atoms with Crippen molar-refractivity contribution in [2.75, 3.05) is 0 Å². The van der Waals surface area contributed by atoms with Gasteiger partial charge in [0.05, 0.1) is 0 Å². The van der Waals surface area contributed by atoms with Crippen LogP contribution in [0.5, 0.6) is 0 Å². The first-order valence-electron chi connectivity index (χ1n) is 6.48. The Bertz CT molecular complexity index is 379. The average molecular weight is 202 g/mol. The first-order chi connectivity index (χ1) is 7.01.